The Labute approximate surface area is 145 Å². The van der Waals surface area contributed by atoms with Crippen molar-refractivity contribution in [3.63, 3.8) is 0 Å². The summed E-state index contributed by atoms with van der Waals surface area (Å²) in [5.74, 6) is 1.84. The van der Waals surface area contributed by atoms with Gasteiger partial charge in [-0.1, -0.05) is 26.2 Å². The summed E-state index contributed by atoms with van der Waals surface area (Å²) in [4.78, 5) is 11.6. The second kappa shape index (κ2) is 8.89. The monoisotopic (exact) mass is 336 g/mol. The first kappa shape index (κ1) is 17.8. The van der Waals surface area contributed by atoms with E-state index in [1.54, 1.807) is 0 Å². The predicted octanol–water partition coefficient (Wildman–Crippen LogP) is 4.73. The van der Waals surface area contributed by atoms with Crippen LogP contribution in [0.3, 0.4) is 0 Å². The van der Waals surface area contributed by atoms with Crippen molar-refractivity contribution in [3.05, 3.63) is 11.8 Å². The molecule has 4 atom stereocenters. The van der Waals surface area contributed by atoms with Crippen LogP contribution in [-0.4, -0.2) is 25.0 Å². The van der Waals surface area contributed by atoms with Gasteiger partial charge >= 0.3 is 5.97 Å². The molecular formula is C20H32O4. The Morgan fingerprint density at radius 2 is 2.12 bits per heavy atom. The summed E-state index contributed by atoms with van der Waals surface area (Å²) >= 11 is 0. The fourth-order valence-corrected chi connectivity index (χ4v) is 4.23. The van der Waals surface area contributed by atoms with Crippen molar-refractivity contribution >= 4 is 5.97 Å². The molecule has 0 aromatic carbocycles. The molecule has 3 rings (SSSR count). The van der Waals surface area contributed by atoms with Crippen molar-refractivity contribution in [3.8, 4) is 0 Å². The summed E-state index contributed by atoms with van der Waals surface area (Å²) in [5, 5.41) is 0. The quantitative estimate of drug-likeness (QED) is 0.365. The summed E-state index contributed by atoms with van der Waals surface area (Å²) in [6.07, 6.45) is 14.3. The highest BCUT2D eigenvalue weighted by Crippen LogP contribution is 2.42. The largest absolute Gasteiger partial charge is 0.470 e. The molecule has 24 heavy (non-hydrogen) atoms. The summed E-state index contributed by atoms with van der Waals surface area (Å²) < 4.78 is 17.4. The van der Waals surface area contributed by atoms with Gasteiger partial charge in [0.1, 0.15) is 6.10 Å². The van der Waals surface area contributed by atoms with Crippen LogP contribution in [0, 0.1) is 11.8 Å². The first-order valence-corrected chi connectivity index (χ1v) is 9.94. The van der Waals surface area contributed by atoms with E-state index in [4.69, 9.17) is 14.2 Å². The number of esters is 1. The Kier molecular flexibility index (Phi) is 6.59. The smallest absolute Gasteiger partial charge is 0.306 e. The fraction of sp³-hybridized carbons (Fsp3) is 0.850. The zero-order chi connectivity index (χ0) is 16.8. The number of rotatable bonds is 8. The number of ether oxygens (including phenoxy) is 3. The highest BCUT2D eigenvalue weighted by atomic mass is 16.7. The lowest BCUT2D eigenvalue weighted by molar-refractivity contribution is -0.141. The summed E-state index contributed by atoms with van der Waals surface area (Å²) in [5.41, 5.74) is 0. The highest BCUT2D eigenvalue weighted by Gasteiger charge is 2.44. The molecule has 4 unspecified atom stereocenters. The molecule has 3 aliphatic rings. The predicted molar refractivity (Wildman–Crippen MR) is 92.2 cm³/mol. The molecule has 0 spiro atoms. The van der Waals surface area contributed by atoms with E-state index < -0.39 is 0 Å². The van der Waals surface area contributed by atoms with E-state index >= 15 is 0 Å². The van der Waals surface area contributed by atoms with Gasteiger partial charge in [0.25, 0.3) is 0 Å². The maximum Gasteiger partial charge on any atom is 0.306 e. The average Bonchev–Trinajstić information content (AvgIpc) is 3.12. The second-order valence-corrected chi connectivity index (χ2v) is 7.50. The molecule has 2 saturated heterocycles. The third kappa shape index (κ3) is 4.75. The van der Waals surface area contributed by atoms with Crippen molar-refractivity contribution < 1.29 is 19.0 Å². The van der Waals surface area contributed by atoms with Crippen molar-refractivity contribution in [2.45, 2.75) is 89.9 Å². The van der Waals surface area contributed by atoms with E-state index in [1.807, 2.05) is 0 Å². The lowest BCUT2D eigenvalue weighted by Crippen LogP contribution is -2.22. The zero-order valence-corrected chi connectivity index (χ0v) is 15.0. The maximum atomic E-state index is 11.6. The fourth-order valence-electron chi connectivity index (χ4n) is 4.23. The molecule has 1 aliphatic carbocycles. The molecule has 136 valence electrons. The van der Waals surface area contributed by atoms with Crippen molar-refractivity contribution in [2.75, 3.05) is 6.61 Å². The number of hydrogen-bond acceptors (Lipinski definition) is 4. The normalized spacial score (nSPS) is 33.4. The van der Waals surface area contributed by atoms with Gasteiger partial charge < -0.3 is 14.2 Å². The third-order valence-electron chi connectivity index (χ3n) is 5.59. The minimum absolute atomic E-state index is 0.0240. The van der Waals surface area contributed by atoms with Gasteiger partial charge in [-0.05, 0) is 44.1 Å². The van der Waals surface area contributed by atoms with Gasteiger partial charge in [0.2, 0.25) is 0 Å². The molecule has 2 aliphatic heterocycles. The molecule has 2 heterocycles. The molecule has 4 nitrogen and oxygen atoms in total. The minimum atomic E-state index is -0.0742. The van der Waals surface area contributed by atoms with Crippen LogP contribution in [-0.2, 0) is 19.0 Å². The number of carbonyl (C=O) groups excluding carboxylic acids is 1. The Hall–Kier alpha value is -1.03. The molecular weight excluding hydrogens is 304 g/mol. The number of unbranched alkanes of at least 4 members (excludes halogenated alkanes) is 3. The Morgan fingerprint density at radius 1 is 1.21 bits per heavy atom. The summed E-state index contributed by atoms with van der Waals surface area (Å²) in [6.45, 7) is 3.04. The van der Waals surface area contributed by atoms with Gasteiger partial charge in [-0.2, -0.15) is 0 Å². The third-order valence-corrected chi connectivity index (χ3v) is 5.59. The maximum absolute atomic E-state index is 11.6. The van der Waals surface area contributed by atoms with Crippen LogP contribution in [0.5, 0.6) is 0 Å². The first-order chi connectivity index (χ1) is 11.8. The average molecular weight is 336 g/mol. The van der Waals surface area contributed by atoms with Gasteiger partial charge in [0.15, 0.2) is 6.29 Å². The van der Waals surface area contributed by atoms with Crippen LogP contribution in [0.25, 0.3) is 0 Å². The molecule has 0 N–H and O–H groups in total. The van der Waals surface area contributed by atoms with Crippen LogP contribution in [0.2, 0.25) is 0 Å². The molecule has 0 radical (unpaired) electrons. The summed E-state index contributed by atoms with van der Waals surface area (Å²) in [6, 6.07) is 0. The van der Waals surface area contributed by atoms with Gasteiger partial charge in [-0.3, -0.25) is 4.79 Å². The first-order valence-electron chi connectivity index (χ1n) is 9.94. The molecule has 4 heteroatoms. The molecule has 0 aromatic heterocycles. The lowest BCUT2D eigenvalue weighted by Gasteiger charge is -2.26. The Morgan fingerprint density at radius 3 is 2.92 bits per heavy atom. The lowest BCUT2D eigenvalue weighted by atomic mass is 9.92. The van der Waals surface area contributed by atoms with E-state index in [0.29, 0.717) is 18.3 Å². The van der Waals surface area contributed by atoms with Crippen molar-refractivity contribution in [1.29, 1.82) is 0 Å². The van der Waals surface area contributed by atoms with Crippen LogP contribution < -0.4 is 0 Å². The van der Waals surface area contributed by atoms with E-state index in [2.05, 4.69) is 13.0 Å². The Balaban J connectivity index is 1.60. The molecule has 3 fully saturated rings. The number of hydrogen-bond donors (Lipinski definition) is 0. The van der Waals surface area contributed by atoms with E-state index in [-0.39, 0.29) is 18.4 Å². The SMILES string of the molecule is CCCCCC/C(=C\C1CCC2OC(=O)CC12)OC1CCCCO1. The van der Waals surface area contributed by atoms with Gasteiger partial charge in [-0.15, -0.1) is 0 Å². The highest BCUT2D eigenvalue weighted by molar-refractivity contribution is 5.72. The van der Waals surface area contributed by atoms with Crippen LogP contribution in [0.15, 0.2) is 11.8 Å². The number of carbonyl (C=O) groups is 1. The molecule has 0 bridgehead atoms. The van der Waals surface area contributed by atoms with E-state index in [0.717, 1.165) is 44.5 Å². The number of fused-ring (bicyclic) bond motifs is 1. The standard InChI is InChI=1S/C20H32O4/c1-2-3-4-5-8-16(23-20-9-6-7-12-22-20)13-15-10-11-18-17(15)14-19(21)24-18/h13,15,17-18,20H,2-12,14H2,1H3/b16-13+. The molecule has 0 amide bonds. The van der Waals surface area contributed by atoms with Gasteiger partial charge in [0, 0.05) is 18.8 Å². The van der Waals surface area contributed by atoms with Crippen LogP contribution in [0.4, 0.5) is 0 Å². The van der Waals surface area contributed by atoms with Gasteiger partial charge in [0.05, 0.1) is 18.8 Å². The summed E-state index contributed by atoms with van der Waals surface area (Å²) in [7, 11) is 0. The minimum Gasteiger partial charge on any atom is -0.470 e. The molecule has 1 saturated carbocycles. The zero-order valence-electron chi connectivity index (χ0n) is 15.0. The van der Waals surface area contributed by atoms with E-state index in [1.165, 1.54) is 32.1 Å². The second-order valence-electron chi connectivity index (χ2n) is 7.50. The van der Waals surface area contributed by atoms with Crippen LogP contribution >= 0.6 is 0 Å². The van der Waals surface area contributed by atoms with Crippen molar-refractivity contribution in [1.82, 2.24) is 0 Å². The molecule has 0 aromatic rings. The Bertz CT molecular complexity index is 439. The van der Waals surface area contributed by atoms with E-state index in [9.17, 15) is 4.79 Å². The van der Waals surface area contributed by atoms with Crippen LogP contribution in [0.1, 0.15) is 77.6 Å². The van der Waals surface area contributed by atoms with Crippen molar-refractivity contribution in [2.24, 2.45) is 11.8 Å². The van der Waals surface area contributed by atoms with Gasteiger partial charge in [-0.25, -0.2) is 0 Å². The number of allylic oxidation sites excluding steroid dienone is 2. The topological polar surface area (TPSA) is 44.8 Å².